The number of hydrogen-bond donors (Lipinski definition) is 1. The summed E-state index contributed by atoms with van der Waals surface area (Å²) in [6.45, 7) is 3.15. The van der Waals surface area contributed by atoms with E-state index >= 15 is 0 Å². The quantitative estimate of drug-likeness (QED) is 0.535. The Balaban J connectivity index is 2.03. The van der Waals surface area contributed by atoms with E-state index in [4.69, 9.17) is 16.3 Å². The topological polar surface area (TPSA) is 88.6 Å². The van der Waals surface area contributed by atoms with Crippen molar-refractivity contribution >= 4 is 38.9 Å². The van der Waals surface area contributed by atoms with Crippen molar-refractivity contribution < 1.29 is 17.9 Å². The number of methoxy groups -OCH3 is 1. The van der Waals surface area contributed by atoms with Gasteiger partial charge in [0.2, 0.25) is 5.91 Å². The highest BCUT2D eigenvalue weighted by Crippen LogP contribution is 2.33. The molecule has 0 radical (unpaired) electrons. The third-order valence-electron chi connectivity index (χ3n) is 4.47. The van der Waals surface area contributed by atoms with E-state index in [9.17, 15) is 13.2 Å². The van der Waals surface area contributed by atoms with Crippen molar-refractivity contribution in [3.63, 3.8) is 0 Å². The molecule has 3 rings (SSSR count). The van der Waals surface area contributed by atoms with Gasteiger partial charge in [0, 0.05) is 6.20 Å². The summed E-state index contributed by atoms with van der Waals surface area (Å²) < 4.78 is 33.4. The van der Waals surface area contributed by atoms with E-state index in [1.54, 1.807) is 48.7 Å². The molecule has 0 unspecified atom stereocenters. The van der Waals surface area contributed by atoms with Crippen molar-refractivity contribution in [2.45, 2.75) is 18.7 Å². The van der Waals surface area contributed by atoms with Crippen LogP contribution in [0.25, 0.3) is 0 Å². The number of carbonyl (C=O) groups excluding carboxylic acids is 1. The highest BCUT2D eigenvalue weighted by atomic mass is 35.5. The number of amides is 1. The molecule has 0 aliphatic carbocycles. The highest BCUT2D eigenvalue weighted by Gasteiger charge is 2.29. The highest BCUT2D eigenvalue weighted by molar-refractivity contribution is 7.92. The minimum Gasteiger partial charge on any atom is -0.495 e. The SMILES string of the molecule is COc1ccc(C)cc1N(CC(=O)Nc1cc(C)cnc1Cl)S(=O)(=O)c1ccccc1. The molecular weight excluding hydrogens is 438 g/mol. The van der Waals surface area contributed by atoms with Crippen molar-refractivity contribution in [3.8, 4) is 5.75 Å². The predicted molar refractivity (Wildman–Crippen MR) is 121 cm³/mol. The fraction of sp³-hybridized carbons (Fsp3) is 0.182. The van der Waals surface area contributed by atoms with Crippen molar-refractivity contribution in [2.75, 3.05) is 23.3 Å². The maximum atomic E-state index is 13.5. The van der Waals surface area contributed by atoms with Crippen LogP contribution in [0.15, 0.2) is 65.7 Å². The molecule has 0 saturated carbocycles. The van der Waals surface area contributed by atoms with Crippen LogP contribution in [-0.4, -0.2) is 33.0 Å². The number of nitrogens with zero attached hydrogens (tertiary/aromatic N) is 2. The molecule has 0 saturated heterocycles. The normalized spacial score (nSPS) is 11.1. The molecule has 1 amide bonds. The van der Waals surface area contributed by atoms with E-state index in [1.165, 1.54) is 19.2 Å². The summed E-state index contributed by atoms with van der Waals surface area (Å²) in [5, 5.41) is 2.76. The van der Waals surface area contributed by atoms with E-state index in [-0.39, 0.29) is 15.7 Å². The van der Waals surface area contributed by atoms with Gasteiger partial charge in [0.05, 0.1) is 23.4 Å². The van der Waals surface area contributed by atoms with Crippen molar-refractivity contribution in [2.24, 2.45) is 0 Å². The molecule has 9 heteroatoms. The van der Waals surface area contributed by atoms with Gasteiger partial charge in [-0.1, -0.05) is 35.9 Å². The molecular formula is C22H22ClN3O4S. The molecule has 0 atom stereocenters. The van der Waals surface area contributed by atoms with Gasteiger partial charge in [0.25, 0.3) is 10.0 Å². The molecule has 31 heavy (non-hydrogen) atoms. The first-order valence-electron chi connectivity index (χ1n) is 9.37. The molecule has 0 aliphatic heterocycles. The molecule has 0 bridgehead atoms. The number of sulfonamides is 1. The van der Waals surface area contributed by atoms with E-state index in [0.29, 0.717) is 11.4 Å². The number of ether oxygens (including phenoxy) is 1. The molecule has 0 spiro atoms. The first kappa shape index (κ1) is 22.6. The predicted octanol–water partition coefficient (Wildman–Crippen LogP) is 4.19. The van der Waals surface area contributed by atoms with Crippen LogP contribution < -0.4 is 14.4 Å². The largest absolute Gasteiger partial charge is 0.495 e. The molecule has 2 aromatic carbocycles. The first-order valence-corrected chi connectivity index (χ1v) is 11.2. The van der Waals surface area contributed by atoms with Gasteiger partial charge in [-0.05, 0) is 55.3 Å². The summed E-state index contributed by atoms with van der Waals surface area (Å²) in [5.74, 6) is -0.245. The summed E-state index contributed by atoms with van der Waals surface area (Å²) in [6, 6.07) is 14.7. The van der Waals surface area contributed by atoms with Crippen LogP contribution in [0.2, 0.25) is 5.15 Å². The Hall–Kier alpha value is -3.10. The van der Waals surface area contributed by atoms with Gasteiger partial charge in [-0.2, -0.15) is 0 Å². The van der Waals surface area contributed by atoms with Gasteiger partial charge >= 0.3 is 0 Å². The van der Waals surface area contributed by atoms with Crippen molar-refractivity contribution in [1.82, 2.24) is 4.98 Å². The van der Waals surface area contributed by atoms with E-state index in [1.807, 2.05) is 13.8 Å². The first-order chi connectivity index (χ1) is 14.7. The Morgan fingerprint density at radius 2 is 1.81 bits per heavy atom. The average molecular weight is 460 g/mol. The number of rotatable bonds is 7. The number of anilines is 2. The zero-order valence-electron chi connectivity index (χ0n) is 17.3. The minimum atomic E-state index is -4.07. The summed E-state index contributed by atoms with van der Waals surface area (Å²) in [5.41, 5.74) is 2.18. The Morgan fingerprint density at radius 1 is 1.10 bits per heavy atom. The number of carbonyl (C=O) groups is 1. The van der Waals surface area contributed by atoms with Gasteiger partial charge in [-0.25, -0.2) is 13.4 Å². The molecule has 162 valence electrons. The lowest BCUT2D eigenvalue weighted by atomic mass is 10.2. The smallest absolute Gasteiger partial charge is 0.264 e. The second kappa shape index (κ2) is 9.36. The maximum Gasteiger partial charge on any atom is 0.264 e. The average Bonchev–Trinajstić information content (AvgIpc) is 2.75. The number of halogens is 1. The van der Waals surface area contributed by atoms with E-state index < -0.39 is 22.5 Å². The molecule has 7 nitrogen and oxygen atoms in total. The van der Waals surface area contributed by atoms with Crippen LogP contribution in [0.3, 0.4) is 0 Å². The monoisotopic (exact) mass is 459 g/mol. The second-order valence-corrected chi connectivity index (χ2v) is 9.12. The second-order valence-electron chi connectivity index (χ2n) is 6.90. The summed E-state index contributed by atoms with van der Waals surface area (Å²) in [4.78, 5) is 16.9. The fourth-order valence-electron chi connectivity index (χ4n) is 2.97. The van der Waals surface area contributed by atoms with Crippen molar-refractivity contribution in [3.05, 3.63) is 77.1 Å². The van der Waals surface area contributed by atoms with Crippen LogP contribution in [0.4, 0.5) is 11.4 Å². The standard InChI is InChI=1S/C22H22ClN3O4S/c1-15-9-10-20(30-3)19(12-15)26(31(28,29)17-7-5-4-6-8-17)14-21(27)25-18-11-16(2)13-24-22(18)23/h4-13H,14H2,1-3H3,(H,25,27). The minimum absolute atomic E-state index is 0.0570. The lowest BCUT2D eigenvalue weighted by Gasteiger charge is -2.26. The third-order valence-corrected chi connectivity index (χ3v) is 6.55. The molecule has 1 heterocycles. The van der Waals surface area contributed by atoms with Gasteiger partial charge in [-0.3, -0.25) is 9.10 Å². The van der Waals surface area contributed by atoms with Crippen LogP contribution in [0, 0.1) is 13.8 Å². The number of nitrogens with one attached hydrogen (secondary N) is 1. The van der Waals surface area contributed by atoms with Gasteiger partial charge in [0.1, 0.15) is 12.3 Å². The van der Waals surface area contributed by atoms with E-state index in [2.05, 4.69) is 10.3 Å². The zero-order chi connectivity index (χ0) is 22.6. The van der Waals surface area contributed by atoms with Crippen molar-refractivity contribution in [1.29, 1.82) is 0 Å². The summed E-state index contributed by atoms with van der Waals surface area (Å²) >= 11 is 6.07. The van der Waals surface area contributed by atoms with Crippen LogP contribution in [0.1, 0.15) is 11.1 Å². The van der Waals surface area contributed by atoms with Crippen LogP contribution in [0.5, 0.6) is 5.75 Å². The van der Waals surface area contributed by atoms with Gasteiger partial charge in [0.15, 0.2) is 5.15 Å². The van der Waals surface area contributed by atoms with Gasteiger partial charge in [-0.15, -0.1) is 0 Å². The number of benzene rings is 2. The molecule has 1 N–H and O–H groups in total. The Morgan fingerprint density at radius 3 is 2.48 bits per heavy atom. The fourth-order valence-corrected chi connectivity index (χ4v) is 4.57. The lowest BCUT2D eigenvalue weighted by molar-refractivity contribution is -0.114. The molecule has 1 aromatic heterocycles. The Bertz CT molecular complexity index is 1200. The molecule has 3 aromatic rings. The number of pyridine rings is 1. The van der Waals surface area contributed by atoms with Gasteiger partial charge < -0.3 is 10.1 Å². The number of aryl methyl sites for hydroxylation is 2. The van der Waals surface area contributed by atoms with Crippen LogP contribution in [-0.2, 0) is 14.8 Å². The maximum absolute atomic E-state index is 13.5. The summed E-state index contributed by atoms with van der Waals surface area (Å²) in [6.07, 6.45) is 1.57. The number of aromatic nitrogens is 1. The molecule has 0 aliphatic rings. The summed E-state index contributed by atoms with van der Waals surface area (Å²) in [7, 11) is -2.62. The van der Waals surface area contributed by atoms with E-state index in [0.717, 1.165) is 15.4 Å². The third kappa shape index (κ3) is 5.15. The van der Waals surface area contributed by atoms with Crippen LogP contribution >= 0.6 is 11.6 Å². The molecule has 0 fully saturated rings. The lowest BCUT2D eigenvalue weighted by Crippen LogP contribution is -2.38. The Labute approximate surface area is 186 Å². The zero-order valence-corrected chi connectivity index (χ0v) is 18.9. The Kier molecular flexibility index (Phi) is 6.82. The number of hydrogen-bond acceptors (Lipinski definition) is 5.